The molecular weight excluding hydrogens is 864 g/mol. The van der Waals surface area contributed by atoms with Crippen LogP contribution < -0.4 is 26.2 Å². The molecule has 4 aliphatic carbocycles. The molecule has 0 saturated heterocycles. The van der Waals surface area contributed by atoms with Crippen LogP contribution in [-0.4, -0.2) is 6.71 Å². The fourth-order valence-electron chi connectivity index (χ4n) is 14.7. The van der Waals surface area contributed by atoms with Crippen molar-refractivity contribution in [1.29, 1.82) is 0 Å². The van der Waals surface area contributed by atoms with Crippen molar-refractivity contribution in [2.75, 3.05) is 9.80 Å². The van der Waals surface area contributed by atoms with Gasteiger partial charge in [0, 0.05) is 27.6 Å². The van der Waals surface area contributed by atoms with Crippen LogP contribution >= 0.6 is 11.3 Å². The molecule has 4 aromatic carbocycles. The first-order valence-corrected chi connectivity index (χ1v) is 28.4. The molecule has 5 aromatic rings. The van der Waals surface area contributed by atoms with Gasteiger partial charge in [-0.05, 0) is 216 Å². The van der Waals surface area contributed by atoms with Gasteiger partial charge in [-0.15, -0.1) is 11.3 Å². The van der Waals surface area contributed by atoms with Crippen LogP contribution in [0.25, 0.3) is 0 Å². The van der Waals surface area contributed by atoms with Crippen molar-refractivity contribution in [3.05, 3.63) is 109 Å². The normalized spacial score (nSPS) is 23.0. The van der Waals surface area contributed by atoms with Gasteiger partial charge < -0.3 is 9.80 Å². The van der Waals surface area contributed by atoms with Gasteiger partial charge in [0.05, 0.1) is 10.7 Å². The zero-order valence-corrected chi connectivity index (χ0v) is 48.5. The fourth-order valence-corrected chi connectivity index (χ4v) is 16.4. The van der Waals surface area contributed by atoms with E-state index in [1.807, 2.05) is 0 Å². The quantitative estimate of drug-likeness (QED) is 0.159. The number of hydrogen-bond donors (Lipinski definition) is 0. The minimum atomic E-state index is -0.0900. The second kappa shape index (κ2) is 14.5. The first-order valence-electron chi connectivity index (χ1n) is 27.6. The summed E-state index contributed by atoms with van der Waals surface area (Å²) in [6.45, 7) is 52.7. The number of fused-ring (bicyclic) bond motifs is 9. The average molecular weight is 951 g/mol. The Hall–Kier alpha value is -3.76. The molecule has 0 spiro atoms. The van der Waals surface area contributed by atoms with Crippen molar-refractivity contribution in [1.82, 2.24) is 0 Å². The largest absolute Gasteiger partial charge is 0.311 e. The highest BCUT2D eigenvalue weighted by atomic mass is 32.1. The zero-order chi connectivity index (χ0) is 50.8. The summed E-state index contributed by atoms with van der Waals surface area (Å²) in [6.07, 6.45) is 9.61. The van der Waals surface area contributed by atoms with Crippen LogP contribution in [-0.2, 0) is 48.7 Å². The van der Waals surface area contributed by atoms with Crippen molar-refractivity contribution in [3.8, 4) is 0 Å². The lowest BCUT2D eigenvalue weighted by atomic mass is 9.32. The Labute approximate surface area is 429 Å². The number of aryl methyl sites for hydroxylation is 2. The van der Waals surface area contributed by atoms with Crippen molar-refractivity contribution < 1.29 is 0 Å². The summed E-state index contributed by atoms with van der Waals surface area (Å²) in [5.41, 5.74) is 27.1. The fraction of sp³-hybridized carbons (Fsp3) is 0.576. The molecule has 0 bridgehead atoms. The molecule has 0 fully saturated rings. The standard InChI is InChI=1S/C66H87BN2S/c1-38-30-41-44(62(12,13)25-22-59(41,6)7)35-48(38)68-50-37-46-43(61(10,11)24-27-64(46,16)17)34-47(50)67-54-51(68)32-40(58(3,4)5)33-52(54)69(57-55(67)53-56(70-57)66(20,21)29-28-65(53,18)19)49-36-45-42(31-39(49)2)60(8,9)23-26-63(45,14)15/h30-37H,22-29H2,1-21H3. The summed E-state index contributed by atoms with van der Waals surface area (Å²) in [4.78, 5) is 7.29. The Morgan fingerprint density at radius 3 is 1.20 bits per heavy atom. The molecule has 0 N–H and O–H groups in total. The molecule has 0 atom stereocenters. The Kier molecular flexibility index (Phi) is 10.1. The molecule has 4 heteroatoms. The Balaban J connectivity index is 1.33. The van der Waals surface area contributed by atoms with Crippen LogP contribution in [0.5, 0.6) is 0 Å². The third-order valence-electron chi connectivity index (χ3n) is 20.2. The molecule has 0 saturated carbocycles. The topological polar surface area (TPSA) is 6.48 Å². The highest BCUT2D eigenvalue weighted by molar-refractivity contribution is 7.20. The summed E-state index contributed by atoms with van der Waals surface area (Å²) in [7, 11) is 0. The highest BCUT2D eigenvalue weighted by Gasteiger charge is 2.53. The van der Waals surface area contributed by atoms with Gasteiger partial charge in [0.2, 0.25) is 0 Å². The van der Waals surface area contributed by atoms with E-state index < -0.39 is 0 Å². The van der Waals surface area contributed by atoms with Crippen LogP contribution in [0, 0.1) is 13.8 Å². The summed E-state index contributed by atoms with van der Waals surface area (Å²) in [5.74, 6) is 0. The molecule has 6 aliphatic rings. The Bertz CT molecular complexity index is 3080. The van der Waals surface area contributed by atoms with E-state index >= 15 is 0 Å². The number of anilines is 6. The predicted molar refractivity (Wildman–Crippen MR) is 308 cm³/mol. The summed E-state index contributed by atoms with van der Waals surface area (Å²) in [5, 5.41) is 1.46. The van der Waals surface area contributed by atoms with Gasteiger partial charge in [-0.1, -0.05) is 150 Å². The van der Waals surface area contributed by atoms with Crippen molar-refractivity contribution >= 4 is 67.9 Å². The van der Waals surface area contributed by atoms with E-state index in [9.17, 15) is 0 Å². The molecule has 370 valence electrons. The van der Waals surface area contributed by atoms with Gasteiger partial charge in [0.25, 0.3) is 6.71 Å². The van der Waals surface area contributed by atoms with Gasteiger partial charge in [-0.2, -0.15) is 0 Å². The lowest BCUT2D eigenvalue weighted by molar-refractivity contribution is 0.331. The smallest absolute Gasteiger partial charge is 0.253 e. The van der Waals surface area contributed by atoms with Crippen LogP contribution in [0.2, 0.25) is 0 Å². The van der Waals surface area contributed by atoms with Gasteiger partial charge >= 0.3 is 0 Å². The van der Waals surface area contributed by atoms with E-state index in [-0.39, 0.29) is 55.4 Å². The van der Waals surface area contributed by atoms with Gasteiger partial charge in [0.15, 0.2) is 0 Å². The van der Waals surface area contributed by atoms with Gasteiger partial charge in [-0.25, -0.2) is 0 Å². The van der Waals surface area contributed by atoms with E-state index in [1.165, 1.54) is 124 Å². The maximum Gasteiger partial charge on any atom is 0.253 e. The zero-order valence-electron chi connectivity index (χ0n) is 47.7. The number of hydrogen-bond acceptors (Lipinski definition) is 3. The maximum atomic E-state index is 2.85. The second-order valence-electron chi connectivity index (χ2n) is 30.2. The molecule has 0 amide bonds. The molecule has 70 heavy (non-hydrogen) atoms. The summed E-state index contributed by atoms with van der Waals surface area (Å²) < 4.78 is 0. The van der Waals surface area contributed by atoms with Crippen molar-refractivity contribution in [2.24, 2.45) is 0 Å². The lowest BCUT2D eigenvalue weighted by Gasteiger charge is -2.49. The van der Waals surface area contributed by atoms with Crippen LogP contribution in [0.4, 0.5) is 33.4 Å². The van der Waals surface area contributed by atoms with Crippen LogP contribution in [0.1, 0.15) is 243 Å². The van der Waals surface area contributed by atoms with Gasteiger partial charge in [0.1, 0.15) is 0 Å². The molecule has 11 rings (SSSR count). The Morgan fingerprint density at radius 2 is 0.757 bits per heavy atom. The number of rotatable bonds is 2. The monoisotopic (exact) mass is 951 g/mol. The van der Waals surface area contributed by atoms with E-state index in [1.54, 1.807) is 38.2 Å². The second-order valence-corrected chi connectivity index (χ2v) is 31.2. The molecule has 0 radical (unpaired) electrons. The summed E-state index contributed by atoms with van der Waals surface area (Å²) in [6, 6.07) is 21.5. The van der Waals surface area contributed by atoms with E-state index in [0.29, 0.717) is 0 Å². The Morgan fingerprint density at radius 1 is 0.400 bits per heavy atom. The first-order chi connectivity index (χ1) is 32.1. The van der Waals surface area contributed by atoms with Crippen molar-refractivity contribution in [3.63, 3.8) is 0 Å². The SMILES string of the molecule is Cc1cc2c(cc1N1c3cc4c(cc3B3c5c1cc(C(C)(C)C)cc5N(c1cc5c(cc1C)C(C)(C)CCC5(C)C)c1sc5c(c13)C(C)(C)CCC5(C)C)C(C)(C)CCC4(C)C)C(C)(C)CCC2(C)C. The highest BCUT2D eigenvalue weighted by Crippen LogP contribution is 2.59. The number of thiophene rings is 1. The van der Waals surface area contributed by atoms with Crippen LogP contribution in [0.3, 0.4) is 0 Å². The first kappa shape index (κ1) is 48.5. The maximum absolute atomic E-state index is 2.85. The predicted octanol–water partition coefficient (Wildman–Crippen LogP) is 17.1. The van der Waals surface area contributed by atoms with E-state index in [0.717, 1.165) is 0 Å². The molecular formula is C66H87BN2S. The van der Waals surface area contributed by atoms with E-state index in [2.05, 4.69) is 215 Å². The minimum absolute atomic E-state index is 0.0285. The van der Waals surface area contributed by atoms with Crippen LogP contribution in [0.15, 0.2) is 48.5 Å². The summed E-state index contributed by atoms with van der Waals surface area (Å²) >= 11 is 2.15. The van der Waals surface area contributed by atoms with Crippen molar-refractivity contribution in [2.45, 2.75) is 245 Å². The number of benzene rings is 4. The minimum Gasteiger partial charge on any atom is -0.311 e. The third-order valence-corrected chi connectivity index (χ3v) is 21.8. The molecule has 3 heterocycles. The molecule has 2 aliphatic heterocycles. The molecule has 1 aromatic heterocycles. The van der Waals surface area contributed by atoms with Gasteiger partial charge in [-0.3, -0.25) is 0 Å². The average Bonchev–Trinajstić information content (AvgIpc) is 3.67. The van der Waals surface area contributed by atoms with E-state index in [4.69, 9.17) is 0 Å². The molecule has 0 unspecified atom stereocenters. The third kappa shape index (κ3) is 6.81. The number of nitrogens with zero attached hydrogens (tertiary/aromatic N) is 2. The molecule has 2 nitrogen and oxygen atoms in total. The lowest BCUT2D eigenvalue weighted by Crippen LogP contribution is -2.63.